The summed E-state index contributed by atoms with van der Waals surface area (Å²) >= 11 is 0. The number of fused-ring (bicyclic) bond motifs is 1. The van der Waals surface area contributed by atoms with Crippen molar-refractivity contribution in [2.45, 2.75) is 0 Å². The molecule has 3 aromatic rings. The van der Waals surface area contributed by atoms with Gasteiger partial charge >= 0.3 is 0 Å². The number of nitrogens with zero attached hydrogens (tertiary/aromatic N) is 2. The lowest BCUT2D eigenvalue weighted by molar-refractivity contribution is 0.415. The van der Waals surface area contributed by atoms with Crippen LogP contribution < -0.4 is 4.74 Å². The number of hydrogen-bond donors (Lipinski definition) is 0. The Morgan fingerprint density at radius 2 is 1.78 bits per heavy atom. The molecule has 0 fully saturated rings. The summed E-state index contributed by atoms with van der Waals surface area (Å²) in [5.74, 6) is 0.860. The first-order chi connectivity index (χ1) is 8.78. The molecular weight excluding hydrogens is 224 g/mol. The number of aromatic nitrogens is 2. The molecule has 0 radical (unpaired) electrons. The van der Waals surface area contributed by atoms with Gasteiger partial charge in [-0.15, -0.1) is 0 Å². The molecule has 3 heteroatoms. The van der Waals surface area contributed by atoms with E-state index in [1.807, 2.05) is 48.1 Å². The monoisotopic (exact) mass is 238 g/mol. The van der Waals surface area contributed by atoms with Crippen molar-refractivity contribution in [1.29, 1.82) is 0 Å². The largest absolute Gasteiger partial charge is 0.497 e. The maximum atomic E-state index is 5.16. The summed E-state index contributed by atoms with van der Waals surface area (Å²) in [5, 5.41) is 1.16. The van der Waals surface area contributed by atoms with Gasteiger partial charge in [-0.05, 0) is 42.5 Å². The van der Waals surface area contributed by atoms with Gasteiger partial charge in [-0.2, -0.15) is 0 Å². The average Bonchev–Trinajstić information content (AvgIpc) is 2.80. The number of hydrogen-bond acceptors (Lipinski definition) is 2. The molecule has 0 bridgehead atoms. The van der Waals surface area contributed by atoms with Gasteiger partial charge in [-0.1, -0.05) is 0 Å². The van der Waals surface area contributed by atoms with E-state index in [1.165, 1.54) is 0 Å². The second-order valence-corrected chi connectivity index (χ2v) is 4.26. The minimum atomic E-state index is 0.860. The van der Waals surface area contributed by atoms with Crippen LogP contribution in [0.2, 0.25) is 0 Å². The maximum Gasteiger partial charge on any atom is 0.140 e. The Morgan fingerprint density at radius 1 is 1.00 bits per heavy atom. The SMILES string of the molecule is COc1ccc(-c2ccc3ccn(C)c3n2)cc1. The smallest absolute Gasteiger partial charge is 0.140 e. The van der Waals surface area contributed by atoms with E-state index in [1.54, 1.807) is 7.11 Å². The number of benzene rings is 1. The van der Waals surface area contributed by atoms with Gasteiger partial charge in [0.15, 0.2) is 0 Å². The van der Waals surface area contributed by atoms with E-state index in [0.717, 1.165) is 28.0 Å². The topological polar surface area (TPSA) is 27.1 Å². The van der Waals surface area contributed by atoms with E-state index >= 15 is 0 Å². The third-order valence-corrected chi connectivity index (χ3v) is 3.10. The van der Waals surface area contributed by atoms with Crippen molar-refractivity contribution in [3.8, 4) is 17.0 Å². The Morgan fingerprint density at radius 3 is 2.50 bits per heavy atom. The third kappa shape index (κ3) is 1.74. The molecule has 90 valence electrons. The molecule has 0 aliphatic heterocycles. The number of methoxy groups -OCH3 is 1. The van der Waals surface area contributed by atoms with Crippen LogP contribution in [0.1, 0.15) is 0 Å². The van der Waals surface area contributed by atoms with Crippen LogP contribution in [0.5, 0.6) is 5.75 Å². The van der Waals surface area contributed by atoms with Crippen molar-refractivity contribution >= 4 is 11.0 Å². The first kappa shape index (κ1) is 10.8. The fourth-order valence-corrected chi connectivity index (χ4v) is 2.06. The molecule has 3 nitrogen and oxygen atoms in total. The van der Waals surface area contributed by atoms with Crippen molar-refractivity contribution < 1.29 is 4.74 Å². The molecule has 2 heterocycles. The molecule has 0 aliphatic carbocycles. The molecule has 0 atom stereocenters. The first-order valence-corrected chi connectivity index (χ1v) is 5.84. The molecule has 0 amide bonds. The lowest BCUT2D eigenvalue weighted by atomic mass is 10.1. The van der Waals surface area contributed by atoms with Gasteiger partial charge in [-0.3, -0.25) is 0 Å². The van der Waals surface area contributed by atoms with E-state index in [-0.39, 0.29) is 0 Å². The van der Waals surface area contributed by atoms with Crippen LogP contribution in [0.3, 0.4) is 0 Å². The summed E-state index contributed by atoms with van der Waals surface area (Å²) in [4.78, 5) is 4.68. The predicted molar refractivity (Wildman–Crippen MR) is 72.7 cm³/mol. The molecule has 0 unspecified atom stereocenters. The molecule has 0 saturated carbocycles. The molecule has 18 heavy (non-hydrogen) atoms. The van der Waals surface area contributed by atoms with Crippen LogP contribution in [0.4, 0.5) is 0 Å². The summed E-state index contributed by atoms with van der Waals surface area (Å²) in [6.07, 6.45) is 2.02. The average molecular weight is 238 g/mol. The Labute approximate surface area is 106 Å². The standard InChI is InChI=1S/C15H14N2O/c1-17-10-9-12-5-8-14(16-15(12)17)11-3-6-13(18-2)7-4-11/h3-10H,1-2H3. The van der Waals surface area contributed by atoms with E-state index in [0.29, 0.717) is 0 Å². The molecular formula is C15H14N2O. The van der Waals surface area contributed by atoms with Crippen LogP contribution in [-0.4, -0.2) is 16.7 Å². The maximum absolute atomic E-state index is 5.16. The van der Waals surface area contributed by atoms with Gasteiger partial charge in [0, 0.05) is 24.2 Å². The second-order valence-electron chi connectivity index (χ2n) is 4.26. The van der Waals surface area contributed by atoms with Crippen LogP contribution in [0.25, 0.3) is 22.3 Å². The Balaban J connectivity index is 2.09. The molecule has 0 saturated heterocycles. The van der Waals surface area contributed by atoms with Crippen molar-refractivity contribution in [1.82, 2.24) is 9.55 Å². The zero-order valence-corrected chi connectivity index (χ0v) is 10.4. The Kier molecular flexibility index (Phi) is 2.52. The van der Waals surface area contributed by atoms with Gasteiger partial charge in [0.25, 0.3) is 0 Å². The number of ether oxygens (including phenoxy) is 1. The quantitative estimate of drug-likeness (QED) is 0.685. The molecule has 1 aromatic carbocycles. The predicted octanol–water partition coefficient (Wildman–Crippen LogP) is 3.25. The van der Waals surface area contributed by atoms with Crippen molar-refractivity contribution in [2.75, 3.05) is 7.11 Å². The van der Waals surface area contributed by atoms with Gasteiger partial charge in [-0.25, -0.2) is 4.98 Å². The van der Waals surface area contributed by atoms with Crippen LogP contribution in [-0.2, 0) is 7.05 Å². The van der Waals surface area contributed by atoms with Crippen LogP contribution >= 0.6 is 0 Å². The van der Waals surface area contributed by atoms with E-state index in [9.17, 15) is 0 Å². The molecule has 0 spiro atoms. The van der Waals surface area contributed by atoms with Gasteiger partial charge in [0.05, 0.1) is 12.8 Å². The fourth-order valence-electron chi connectivity index (χ4n) is 2.06. The van der Waals surface area contributed by atoms with Crippen molar-refractivity contribution in [2.24, 2.45) is 7.05 Å². The minimum absolute atomic E-state index is 0.860. The zero-order chi connectivity index (χ0) is 12.5. The zero-order valence-electron chi connectivity index (χ0n) is 10.4. The fraction of sp³-hybridized carbons (Fsp3) is 0.133. The van der Waals surface area contributed by atoms with Gasteiger partial charge in [0.1, 0.15) is 11.4 Å². The first-order valence-electron chi connectivity index (χ1n) is 5.84. The second kappa shape index (κ2) is 4.18. The van der Waals surface area contributed by atoms with E-state index in [2.05, 4.69) is 17.1 Å². The Hall–Kier alpha value is -2.29. The highest BCUT2D eigenvalue weighted by Crippen LogP contribution is 2.23. The highest BCUT2D eigenvalue weighted by atomic mass is 16.5. The van der Waals surface area contributed by atoms with Crippen molar-refractivity contribution in [3.63, 3.8) is 0 Å². The number of pyridine rings is 1. The Bertz CT molecular complexity index is 683. The van der Waals surface area contributed by atoms with Gasteiger partial charge < -0.3 is 9.30 Å². The number of aryl methyl sites for hydroxylation is 1. The lowest BCUT2D eigenvalue weighted by Gasteiger charge is -2.04. The summed E-state index contributed by atoms with van der Waals surface area (Å²) in [5.41, 5.74) is 3.08. The highest BCUT2D eigenvalue weighted by molar-refractivity contribution is 5.79. The van der Waals surface area contributed by atoms with E-state index in [4.69, 9.17) is 4.74 Å². The minimum Gasteiger partial charge on any atom is -0.497 e. The highest BCUT2D eigenvalue weighted by Gasteiger charge is 2.04. The summed E-state index contributed by atoms with van der Waals surface area (Å²) in [6.45, 7) is 0. The van der Waals surface area contributed by atoms with Crippen LogP contribution in [0.15, 0.2) is 48.7 Å². The van der Waals surface area contributed by atoms with Gasteiger partial charge in [0.2, 0.25) is 0 Å². The summed E-state index contributed by atoms with van der Waals surface area (Å²) in [6, 6.07) is 14.2. The molecule has 2 aromatic heterocycles. The summed E-state index contributed by atoms with van der Waals surface area (Å²) < 4.78 is 7.19. The lowest BCUT2D eigenvalue weighted by Crippen LogP contribution is -1.90. The summed E-state index contributed by atoms with van der Waals surface area (Å²) in [7, 11) is 3.68. The van der Waals surface area contributed by atoms with Crippen LogP contribution in [0, 0.1) is 0 Å². The van der Waals surface area contributed by atoms with E-state index < -0.39 is 0 Å². The van der Waals surface area contributed by atoms with Crippen molar-refractivity contribution in [3.05, 3.63) is 48.7 Å². The normalized spacial score (nSPS) is 10.8. The molecule has 0 N–H and O–H groups in total. The third-order valence-electron chi connectivity index (χ3n) is 3.10. The number of rotatable bonds is 2. The molecule has 0 aliphatic rings. The molecule has 3 rings (SSSR count).